The van der Waals surface area contributed by atoms with Gasteiger partial charge >= 0.3 is 12.1 Å². The highest BCUT2D eigenvalue weighted by atomic mass is 16.6. The number of carboxylic acid groups (broad SMARTS) is 1. The Kier molecular flexibility index (Phi) is 4.82. The van der Waals surface area contributed by atoms with Gasteiger partial charge in [-0.25, -0.2) is 9.59 Å². The number of methoxy groups -OCH3 is 1. The van der Waals surface area contributed by atoms with Gasteiger partial charge < -0.3 is 19.5 Å². The highest BCUT2D eigenvalue weighted by molar-refractivity contribution is 5.90. The molecule has 0 bridgehead atoms. The lowest BCUT2D eigenvalue weighted by Crippen LogP contribution is -2.38. The Bertz CT molecular complexity index is 618. The lowest BCUT2D eigenvalue weighted by molar-refractivity contribution is 0.0258. The fraction of sp³-hybridized carbons (Fsp3) is 0.529. The van der Waals surface area contributed by atoms with Crippen LogP contribution in [0.3, 0.4) is 0 Å². The number of rotatable bonds is 2. The van der Waals surface area contributed by atoms with Gasteiger partial charge in [-0.15, -0.1) is 0 Å². The summed E-state index contributed by atoms with van der Waals surface area (Å²) >= 11 is 0. The first-order valence-electron chi connectivity index (χ1n) is 7.63. The molecule has 0 saturated heterocycles. The molecule has 2 rings (SSSR count). The third-order valence-electron chi connectivity index (χ3n) is 3.75. The van der Waals surface area contributed by atoms with E-state index in [0.29, 0.717) is 31.7 Å². The summed E-state index contributed by atoms with van der Waals surface area (Å²) in [5, 5.41) is 9.38. The fourth-order valence-corrected chi connectivity index (χ4v) is 2.74. The van der Waals surface area contributed by atoms with Crippen molar-refractivity contribution in [3.8, 4) is 5.75 Å². The maximum Gasteiger partial charge on any atom is 0.410 e. The monoisotopic (exact) mass is 321 g/mol. The lowest BCUT2D eigenvalue weighted by atomic mass is 9.96. The highest BCUT2D eigenvalue weighted by Crippen LogP contribution is 2.29. The number of aromatic carboxylic acids is 1. The summed E-state index contributed by atoms with van der Waals surface area (Å²) in [5.74, 6) is -0.300. The molecule has 1 aliphatic heterocycles. The van der Waals surface area contributed by atoms with E-state index < -0.39 is 11.6 Å². The quantitative estimate of drug-likeness (QED) is 0.906. The second-order valence-electron chi connectivity index (χ2n) is 6.55. The van der Waals surface area contributed by atoms with Crippen LogP contribution in [-0.4, -0.2) is 47.9 Å². The second-order valence-corrected chi connectivity index (χ2v) is 6.55. The Hall–Kier alpha value is -2.24. The molecule has 0 atom stereocenters. The molecule has 0 fully saturated rings. The largest absolute Gasteiger partial charge is 0.496 e. The number of nitrogens with zero attached hydrogens (tertiary/aromatic N) is 1. The molecule has 6 heteroatoms. The standard InChI is InChI=1S/C17H23NO5/c1-17(2,3)23-16(21)18-9-7-11-12(8-10-18)14(22-4)6-5-13(11)15(19)20/h5-6H,7-10H2,1-4H3,(H,19,20). The van der Waals surface area contributed by atoms with Crippen LogP contribution in [0.15, 0.2) is 12.1 Å². The molecular formula is C17H23NO5. The SMILES string of the molecule is COc1ccc(C(=O)O)c2c1CCN(C(=O)OC(C)(C)C)CC2. The zero-order valence-electron chi connectivity index (χ0n) is 14.0. The van der Waals surface area contributed by atoms with E-state index in [1.165, 1.54) is 0 Å². The lowest BCUT2D eigenvalue weighted by Gasteiger charge is -2.26. The van der Waals surface area contributed by atoms with Crippen molar-refractivity contribution in [3.63, 3.8) is 0 Å². The van der Waals surface area contributed by atoms with Gasteiger partial charge in [0.25, 0.3) is 0 Å². The Morgan fingerprint density at radius 1 is 1.13 bits per heavy atom. The van der Waals surface area contributed by atoms with Gasteiger partial charge in [-0.05, 0) is 56.9 Å². The van der Waals surface area contributed by atoms with Crippen molar-refractivity contribution in [2.45, 2.75) is 39.2 Å². The molecule has 23 heavy (non-hydrogen) atoms. The first-order chi connectivity index (χ1) is 10.7. The van der Waals surface area contributed by atoms with Crippen LogP contribution in [-0.2, 0) is 17.6 Å². The van der Waals surface area contributed by atoms with E-state index in [0.717, 1.165) is 11.1 Å². The minimum absolute atomic E-state index is 0.270. The summed E-state index contributed by atoms with van der Waals surface area (Å²) in [6.45, 7) is 6.37. The van der Waals surface area contributed by atoms with E-state index in [1.54, 1.807) is 24.1 Å². The highest BCUT2D eigenvalue weighted by Gasteiger charge is 2.27. The smallest absolute Gasteiger partial charge is 0.410 e. The summed E-state index contributed by atoms with van der Waals surface area (Å²) in [6, 6.07) is 3.23. The summed E-state index contributed by atoms with van der Waals surface area (Å²) < 4.78 is 10.8. The fourth-order valence-electron chi connectivity index (χ4n) is 2.74. The number of benzene rings is 1. The van der Waals surface area contributed by atoms with Crippen LogP contribution in [0.1, 0.15) is 42.3 Å². The molecule has 1 amide bonds. The summed E-state index contributed by atoms with van der Waals surface area (Å²) in [6.07, 6.45) is 0.632. The topological polar surface area (TPSA) is 76.1 Å². The van der Waals surface area contributed by atoms with Gasteiger partial charge in [0.05, 0.1) is 12.7 Å². The minimum atomic E-state index is -0.963. The zero-order chi connectivity index (χ0) is 17.2. The predicted molar refractivity (Wildman–Crippen MR) is 85.2 cm³/mol. The molecule has 1 heterocycles. The number of carbonyl (C=O) groups excluding carboxylic acids is 1. The van der Waals surface area contributed by atoms with Gasteiger partial charge in [-0.3, -0.25) is 0 Å². The molecule has 1 aromatic rings. The van der Waals surface area contributed by atoms with Crippen molar-refractivity contribution in [3.05, 3.63) is 28.8 Å². The molecule has 0 radical (unpaired) electrons. The van der Waals surface area contributed by atoms with Crippen molar-refractivity contribution in [2.24, 2.45) is 0 Å². The van der Waals surface area contributed by atoms with Gasteiger partial charge in [-0.2, -0.15) is 0 Å². The summed E-state index contributed by atoms with van der Waals surface area (Å²) in [5.41, 5.74) is 1.31. The first kappa shape index (κ1) is 17.1. The maximum atomic E-state index is 12.2. The molecule has 0 aliphatic carbocycles. The van der Waals surface area contributed by atoms with Crippen LogP contribution >= 0.6 is 0 Å². The van der Waals surface area contributed by atoms with Crippen molar-refractivity contribution >= 4 is 12.1 Å². The van der Waals surface area contributed by atoms with Gasteiger partial charge in [0.2, 0.25) is 0 Å². The number of amides is 1. The van der Waals surface area contributed by atoms with Crippen LogP contribution in [0.2, 0.25) is 0 Å². The molecule has 0 aromatic heterocycles. The van der Waals surface area contributed by atoms with Crippen molar-refractivity contribution in [1.29, 1.82) is 0 Å². The molecule has 126 valence electrons. The van der Waals surface area contributed by atoms with E-state index >= 15 is 0 Å². The Balaban J connectivity index is 2.27. The normalized spacial score (nSPS) is 14.7. The van der Waals surface area contributed by atoms with E-state index in [4.69, 9.17) is 9.47 Å². The average molecular weight is 321 g/mol. The molecule has 0 unspecified atom stereocenters. The first-order valence-corrected chi connectivity index (χ1v) is 7.63. The number of carbonyl (C=O) groups is 2. The number of carboxylic acids is 1. The molecular weight excluding hydrogens is 298 g/mol. The van der Waals surface area contributed by atoms with E-state index in [9.17, 15) is 14.7 Å². The second kappa shape index (κ2) is 6.48. The third kappa shape index (κ3) is 3.94. The van der Waals surface area contributed by atoms with Crippen LogP contribution in [0.4, 0.5) is 4.79 Å². The van der Waals surface area contributed by atoms with Crippen molar-refractivity contribution < 1.29 is 24.2 Å². The average Bonchev–Trinajstić information content (AvgIpc) is 2.67. The van der Waals surface area contributed by atoms with Gasteiger partial charge in [0, 0.05) is 13.1 Å². The zero-order valence-corrected chi connectivity index (χ0v) is 14.0. The van der Waals surface area contributed by atoms with Crippen molar-refractivity contribution in [2.75, 3.05) is 20.2 Å². The van der Waals surface area contributed by atoms with Crippen molar-refractivity contribution in [1.82, 2.24) is 4.90 Å². The molecule has 1 aliphatic rings. The maximum absolute atomic E-state index is 12.2. The predicted octanol–water partition coefficient (Wildman–Crippen LogP) is 2.73. The Morgan fingerprint density at radius 2 is 1.74 bits per heavy atom. The minimum Gasteiger partial charge on any atom is -0.496 e. The van der Waals surface area contributed by atoms with Crippen LogP contribution in [0.25, 0.3) is 0 Å². The molecule has 1 N–H and O–H groups in total. The van der Waals surface area contributed by atoms with E-state index in [-0.39, 0.29) is 11.7 Å². The molecule has 0 spiro atoms. The van der Waals surface area contributed by atoms with E-state index in [1.807, 2.05) is 20.8 Å². The van der Waals surface area contributed by atoms with Gasteiger partial charge in [0.1, 0.15) is 11.4 Å². The number of ether oxygens (including phenoxy) is 2. The third-order valence-corrected chi connectivity index (χ3v) is 3.75. The van der Waals surface area contributed by atoms with Crippen LogP contribution < -0.4 is 4.74 Å². The molecule has 0 saturated carbocycles. The number of fused-ring (bicyclic) bond motifs is 1. The Labute approximate surface area is 136 Å². The van der Waals surface area contributed by atoms with Gasteiger partial charge in [-0.1, -0.05) is 0 Å². The summed E-state index contributed by atoms with van der Waals surface area (Å²) in [4.78, 5) is 25.3. The number of hydrogen-bond donors (Lipinski definition) is 1. The van der Waals surface area contributed by atoms with Gasteiger partial charge in [0.15, 0.2) is 0 Å². The van der Waals surface area contributed by atoms with Crippen LogP contribution in [0.5, 0.6) is 5.75 Å². The van der Waals surface area contributed by atoms with Crippen LogP contribution in [0, 0.1) is 0 Å². The Morgan fingerprint density at radius 3 is 2.26 bits per heavy atom. The molecule has 6 nitrogen and oxygen atoms in total. The summed E-state index contributed by atoms with van der Waals surface area (Å²) in [7, 11) is 1.56. The van der Waals surface area contributed by atoms with E-state index in [2.05, 4.69) is 0 Å². The number of hydrogen-bond acceptors (Lipinski definition) is 4. The molecule has 1 aromatic carbocycles.